The molecule has 2 unspecified atom stereocenters. The van der Waals surface area contributed by atoms with Gasteiger partial charge in [-0.3, -0.25) is 9.79 Å². The van der Waals surface area contributed by atoms with Crippen LogP contribution in [0.3, 0.4) is 0 Å². The van der Waals surface area contributed by atoms with Crippen molar-refractivity contribution in [2.75, 3.05) is 13.7 Å². The normalized spacial score (nSPS) is 31.7. The molecule has 0 spiro atoms. The van der Waals surface area contributed by atoms with E-state index in [0.717, 1.165) is 51.4 Å². The first-order valence-electron chi connectivity index (χ1n) is 18.1. The fourth-order valence-corrected chi connectivity index (χ4v) is 7.69. The van der Waals surface area contributed by atoms with Gasteiger partial charge in [-0.2, -0.15) is 0 Å². The number of esters is 1. The summed E-state index contributed by atoms with van der Waals surface area (Å²) in [5.74, 6) is -0.0590. The minimum absolute atomic E-state index is 0.0889. The number of nitrogens with zero attached hydrogens (tertiary/aromatic N) is 3. The molecular weight excluding hydrogens is 636 g/mol. The number of carbonyl (C=O) groups is 3. The largest absolute Gasteiger partial charge is 0.497 e. The monoisotopic (exact) mass is 692 g/mol. The number of rotatable bonds is 12. The molecule has 11 heteroatoms. The molecule has 0 aromatic rings. The lowest BCUT2D eigenvalue weighted by molar-refractivity contribution is -0.165. The smallest absolute Gasteiger partial charge is 0.408 e. The van der Waals surface area contributed by atoms with Gasteiger partial charge in [0.15, 0.2) is 0 Å². The lowest BCUT2D eigenvalue weighted by Gasteiger charge is -2.37. The molecule has 5 aliphatic rings. The van der Waals surface area contributed by atoms with Crippen LogP contribution in [0.5, 0.6) is 0 Å². The Balaban J connectivity index is 1.40. The fourth-order valence-electron chi connectivity index (χ4n) is 7.69. The Labute approximate surface area is 297 Å². The van der Waals surface area contributed by atoms with Crippen molar-refractivity contribution in [2.24, 2.45) is 27.2 Å². The van der Waals surface area contributed by atoms with E-state index in [1.165, 1.54) is 4.90 Å². The first kappa shape index (κ1) is 37.4. The van der Waals surface area contributed by atoms with Crippen molar-refractivity contribution < 1.29 is 33.3 Å². The average Bonchev–Trinajstić information content (AvgIpc) is 3.47. The zero-order valence-electron chi connectivity index (χ0n) is 30.9. The predicted molar refractivity (Wildman–Crippen MR) is 193 cm³/mol. The Hall–Kier alpha value is -3.89. The van der Waals surface area contributed by atoms with Gasteiger partial charge in [-0.15, -0.1) is 6.58 Å². The molecule has 1 N–H and O–H groups in total. The number of ether oxygens (including phenoxy) is 4. The molecule has 2 saturated carbocycles. The van der Waals surface area contributed by atoms with Crippen molar-refractivity contribution in [3.63, 3.8) is 0 Å². The molecule has 3 aliphatic carbocycles. The number of methoxy groups -OCH3 is 1. The van der Waals surface area contributed by atoms with Gasteiger partial charge in [0.05, 0.1) is 13.7 Å². The van der Waals surface area contributed by atoms with Gasteiger partial charge in [0.25, 0.3) is 0 Å². The Bertz CT molecular complexity index is 1470. The van der Waals surface area contributed by atoms with Crippen molar-refractivity contribution in [2.45, 2.75) is 134 Å². The van der Waals surface area contributed by atoms with Gasteiger partial charge in [0, 0.05) is 5.92 Å². The topological polar surface area (TPSA) is 128 Å². The number of hydrogen-bond donors (Lipinski definition) is 1. The van der Waals surface area contributed by atoms with Gasteiger partial charge in [-0.1, -0.05) is 45.4 Å². The number of alkyl carbamates (subject to hydrolysis) is 1. The summed E-state index contributed by atoms with van der Waals surface area (Å²) in [4.78, 5) is 53.4. The van der Waals surface area contributed by atoms with Crippen LogP contribution in [-0.2, 0) is 28.5 Å². The van der Waals surface area contributed by atoms with Crippen LogP contribution in [-0.4, -0.2) is 89.6 Å². The van der Waals surface area contributed by atoms with Crippen molar-refractivity contribution >= 4 is 29.6 Å². The molecule has 8 atom stereocenters. The first-order valence-corrected chi connectivity index (χ1v) is 18.1. The number of carbonyl (C=O) groups excluding carboxylic acids is 3. The third-order valence-electron chi connectivity index (χ3n) is 10.8. The second-order valence-electron chi connectivity index (χ2n) is 16.0. The number of aliphatic imine (C=N–C) groups is 2. The fraction of sp³-hybridized carbons (Fsp3) is 0.667. The number of fused-ring (bicyclic) bond motifs is 1. The number of likely N-dealkylation sites (tertiary alicyclic amines) is 1. The quantitative estimate of drug-likeness (QED) is 0.146. The van der Waals surface area contributed by atoms with Crippen LogP contribution in [0.1, 0.15) is 92.9 Å². The van der Waals surface area contributed by atoms with E-state index in [4.69, 9.17) is 28.9 Å². The van der Waals surface area contributed by atoms with Crippen molar-refractivity contribution in [1.82, 2.24) is 10.2 Å². The molecule has 11 nitrogen and oxygen atoms in total. The molecule has 1 saturated heterocycles. The van der Waals surface area contributed by atoms with Crippen LogP contribution in [0.25, 0.3) is 0 Å². The number of allylic oxidation sites excluding steroid dienone is 2. The molecule has 0 aromatic heterocycles. The van der Waals surface area contributed by atoms with Gasteiger partial charge < -0.3 is 29.2 Å². The Morgan fingerprint density at radius 3 is 2.52 bits per heavy atom. The van der Waals surface area contributed by atoms with Gasteiger partial charge in [-0.25, -0.2) is 14.6 Å². The van der Waals surface area contributed by atoms with Gasteiger partial charge in [0.2, 0.25) is 11.8 Å². The van der Waals surface area contributed by atoms with Crippen molar-refractivity contribution in [3.05, 3.63) is 49.3 Å². The highest BCUT2D eigenvalue weighted by Gasteiger charge is 2.54. The Kier molecular flexibility index (Phi) is 11.0. The maximum Gasteiger partial charge on any atom is 0.408 e. The molecule has 0 aromatic carbocycles. The number of unbranched alkanes of at least 4 members (excludes halogenated alkanes) is 1. The highest BCUT2D eigenvalue weighted by Crippen LogP contribution is 2.43. The van der Waals surface area contributed by atoms with E-state index in [9.17, 15) is 14.4 Å². The van der Waals surface area contributed by atoms with Crippen LogP contribution in [0.4, 0.5) is 4.79 Å². The summed E-state index contributed by atoms with van der Waals surface area (Å²) in [6.45, 7) is 19.1. The summed E-state index contributed by atoms with van der Waals surface area (Å²) in [7, 11) is 1.60. The standard InChI is InChI=1S/C39H56N4O7/c1-10-12-13-16-25-21-28(25)49-36(46)41-32(38(7)18-14-15-19-38)34(44)43-23-29(24(3)31(43)35(45)50-37(4,5)6)48-33-27(11-2)42-39(8)20-17-26(47-9)22-30(39)40-33/h10-11,17,20,22,24-25,28-32H,1-2,12-16,18-19,21,23H2,3-9H3,(H,41,46)/t24-,25-,28-,29+,30?,31+,32-,39?/m1/s1. The Morgan fingerprint density at radius 1 is 1.16 bits per heavy atom. The maximum absolute atomic E-state index is 14.8. The first-order chi connectivity index (χ1) is 23.6. The van der Waals surface area contributed by atoms with E-state index >= 15 is 0 Å². The summed E-state index contributed by atoms with van der Waals surface area (Å²) in [6, 6.07) is -2.23. The second-order valence-corrected chi connectivity index (χ2v) is 16.0. The van der Waals surface area contributed by atoms with Crippen LogP contribution in [0.2, 0.25) is 0 Å². The van der Waals surface area contributed by atoms with Gasteiger partial charge in [-0.05, 0) is 95.8 Å². The summed E-state index contributed by atoms with van der Waals surface area (Å²) in [5, 5.41) is 2.97. The molecule has 50 heavy (non-hydrogen) atoms. The molecule has 0 bridgehead atoms. The Morgan fingerprint density at radius 2 is 1.88 bits per heavy atom. The number of nitrogens with one attached hydrogen (secondary N) is 1. The van der Waals surface area contributed by atoms with Crippen LogP contribution in [0.15, 0.2) is 59.3 Å². The van der Waals surface area contributed by atoms with E-state index < -0.39 is 52.7 Å². The van der Waals surface area contributed by atoms with E-state index in [0.29, 0.717) is 17.4 Å². The molecule has 2 aliphatic heterocycles. The molecule has 3 fully saturated rings. The lowest BCUT2D eigenvalue weighted by Crippen LogP contribution is -2.58. The zero-order chi connectivity index (χ0) is 36.4. The third kappa shape index (κ3) is 8.18. The zero-order valence-corrected chi connectivity index (χ0v) is 30.9. The molecule has 2 amide bonds. The van der Waals surface area contributed by atoms with Gasteiger partial charge in [0.1, 0.15) is 52.9 Å². The highest BCUT2D eigenvalue weighted by atomic mass is 16.6. The third-order valence-corrected chi connectivity index (χ3v) is 10.8. The van der Waals surface area contributed by atoms with Gasteiger partial charge >= 0.3 is 12.1 Å². The SMILES string of the molecule is C=CCCC[C@@H]1C[C@H]1OC(=O)N[C@H](C(=O)N1C[C@H](OC2=NC3C=C(OC)C=CC3(C)N=C2C=C)[C@@H](C)[C@H]1C(=O)OC(C)(C)C)C1(C)CCCC1. The molecular formula is C39H56N4O7. The molecule has 274 valence electrons. The maximum atomic E-state index is 14.8. The van der Waals surface area contributed by atoms with E-state index in [1.54, 1.807) is 34.0 Å². The summed E-state index contributed by atoms with van der Waals surface area (Å²) >= 11 is 0. The predicted octanol–water partition coefficient (Wildman–Crippen LogP) is 6.25. The highest BCUT2D eigenvalue weighted by molar-refractivity contribution is 6.44. The average molecular weight is 693 g/mol. The van der Waals surface area contributed by atoms with Crippen molar-refractivity contribution in [1.29, 1.82) is 0 Å². The number of hydrogen-bond acceptors (Lipinski definition) is 9. The second kappa shape index (κ2) is 14.8. The lowest BCUT2D eigenvalue weighted by atomic mass is 9.79. The van der Waals surface area contributed by atoms with Crippen LogP contribution < -0.4 is 5.32 Å². The van der Waals surface area contributed by atoms with Crippen LogP contribution in [0, 0.1) is 17.3 Å². The van der Waals surface area contributed by atoms with Crippen LogP contribution >= 0.6 is 0 Å². The molecule has 2 heterocycles. The van der Waals surface area contributed by atoms with E-state index in [-0.39, 0.29) is 30.5 Å². The molecule has 0 radical (unpaired) electrons. The van der Waals surface area contributed by atoms with E-state index in [2.05, 4.69) is 18.5 Å². The minimum Gasteiger partial charge on any atom is -0.497 e. The summed E-state index contributed by atoms with van der Waals surface area (Å²) < 4.78 is 23.7. The number of amides is 2. The van der Waals surface area contributed by atoms with E-state index in [1.807, 2.05) is 45.1 Å². The minimum atomic E-state index is -0.953. The van der Waals surface area contributed by atoms with Crippen molar-refractivity contribution in [3.8, 4) is 0 Å². The summed E-state index contributed by atoms with van der Waals surface area (Å²) in [5.41, 5.74) is -1.45. The summed E-state index contributed by atoms with van der Waals surface area (Å²) in [6.07, 6.45) is 15.0. The molecule has 5 rings (SSSR count).